The molecule has 3 heterocycles. The summed E-state index contributed by atoms with van der Waals surface area (Å²) >= 11 is 0. The van der Waals surface area contributed by atoms with E-state index in [-0.39, 0.29) is 29.2 Å². The summed E-state index contributed by atoms with van der Waals surface area (Å²) in [5, 5.41) is 0. The normalized spacial score (nSPS) is 53.8. The first kappa shape index (κ1) is 19.7. The van der Waals surface area contributed by atoms with E-state index < -0.39 is 11.2 Å². The molecule has 0 N–H and O–H groups in total. The van der Waals surface area contributed by atoms with Gasteiger partial charge in [0.15, 0.2) is 11.6 Å². The maximum Gasteiger partial charge on any atom is 0.313 e. The summed E-state index contributed by atoms with van der Waals surface area (Å²) in [6.45, 7) is 7.27. The minimum absolute atomic E-state index is 0.0478. The van der Waals surface area contributed by atoms with Crippen LogP contribution in [-0.2, 0) is 28.5 Å². The van der Waals surface area contributed by atoms with Gasteiger partial charge in [-0.05, 0) is 62.2 Å². The highest BCUT2D eigenvalue weighted by Crippen LogP contribution is 2.72. The van der Waals surface area contributed by atoms with Gasteiger partial charge in [-0.2, -0.15) is 0 Å². The molecule has 172 valence electrons. The average molecular weight is 433 g/mol. The molecule has 7 rings (SSSR count). The van der Waals surface area contributed by atoms with E-state index in [1.807, 2.05) is 0 Å². The molecule has 4 saturated carbocycles. The Morgan fingerprint density at radius 1 is 0.839 bits per heavy atom. The van der Waals surface area contributed by atoms with Crippen molar-refractivity contribution in [2.24, 2.45) is 40.4 Å². The number of ether oxygens (including phenoxy) is 5. The van der Waals surface area contributed by atoms with Crippen molar-refractivity contribution in [2.75, 3.05) is 26.4 Å². The van der Waals surface area contributed by atoms with Crippen molar-refractivity contribution in [1.82, 2.24) is 0 Å². The van der Waals surface area contributed by atoms with E-state index in [0.29, 0.717) is 36.9 Å². The summed E-state index contributed by atoms with van der Waals surface area (Å²) < 4.78 is 30.7. The van der Waals surface area contributed by atoms with E-state index in [1.54, 1.807) is 0 Å². The van der Waals surface area contributed by atoms with Crippen molar-refractivity contribution in [3.8, 4) is 0 Å². The highest BCUT2D eigenvalue weighted by Gasteiger charge is 2.75. The van der Waals surface area contributed by atoms with E-state index in [0.717, 1.165) is 51.7 Å². The van der Waals surface area contributed by atoms with E-state index in [2.05, 4.69) is 13.8 Å². The lowest BCUT2D eigenvalue weighted by molar-refractivity contribution is -0.238. The highest BCUT2D eigenvalue weighted by atomic mass is 16.7. The minimum atomic E-state index is -0.634. The first-order valence-corrected chi connectivity index (χ1v) is 12.7. The smallest absolute Gasteiger partial charge is 0.313 e. The van der Waals surface area contributed by atoms with E-state index in [4.69, 9.17) is 23.7 Å². The molecule has 3 saturated heterocycles. The van der Waals surface area contributed by atoms with Crippen LogP contribution in [0.4, 0.5) is 0 Å². The van der Waals surface area contributed by atoms with Gasteiger partial charge in [0.1, 0.15) is 6.10 Å². The number of carbonyl (C=O) groups excluding carboxylic acids is 1. The lowest BCUT2D eigenvalue weighted by Crippen LogP contribution is -2.60. The van der Waals surface area contributed by atoms with Crippen molar-refractivity contribution >= 4 is 5.97 Å². The number of carbonyl (C=O) groups is 1. The van der Waals surface area contributed by atoms with Crippen molar-refractivity contribution in [1.29, 1.82) is 0 Å². The Kier molecular flexibility index (Phi) is 3.98. The minimum Gasteiger partial charge on any atom is -0.462 e. The SMILES string of the molecule is CC1(C2CCC3C4CCC5CC6(CC[C@]5(C)C4C4CC32C(=O)O4)OCCO6)OCCO1. The number of esters is 1. The first-order valence-electron chi connectivity index (χ1n) is 12.7. The number of hydrogen-bond acceptors (Lipinski definition) is 6. The van der Waals surface area contributed by atoms with Gasteiger partial charge in [0.05, 0.1) is 31.8 Å². The largest absolute Gasteiger partial charge is 0.462 e. The number of rotatable bonds is 1. The molecule has 0 aromatic rings. The Balaban J connectivity index is 1.23. The van der Waals surface area contributed by atoms with Crippen LogP contribution in [0.25, 0.3) is 0 Å². The third-order valence-corrected chi connectivity index (χ3v) is 11.1. The molecule has 0 amide bonds. The molecule has 7 aliphatic rings. The van der Waals surface area contributed by atoms with Crippen molar-refractivity contribution in [3.63, 3.8) is 0 Å². The van der Waals surface area contributed by atoms with Gasteiger partial charge in [-0.1, -0.05) is 6.92 Å². The van der Waals surface area contributed by atoms with Crippen LogP contribution in [0.15, 0.2) is 0 Å². The molecule has 7 fully saturated rings. The second kappa shape index (κ2) is 6.25. The van der Waals surface area contributed by atoms with E-state index >= 15 is 0 Å². The zero-order chi connectivity index (χ0) is 21.1. The summed E-state index contributed by atoms with van der Waals surface area (Å²) in [7, 11) is 0. The van der Waals surface area contributed by atoms with Crippen LogP contribution in [0, 0.1) is 40.4 Å². The van der Waals surface area contributed by atoms with Gasteiger partial charge in [0.25, 0.3) is 0 Å². The molecule has 2 spiro atoms. The lowest BCUT2D eigenvalue weighted by Gasteiger charge is -2.61. The molecule has 7 unspecified atom stereocenters. The molecule has 8 atom stereocenters. The summed E-state index contributed by atoms with van der Waals surface area (Å²) in [6.07, 6.45) is 8.54. The summed E-state index contributed by atoms with van der Waals surface area (Å²) in [6, 6.07) is 0. The van der Waals surface area contributed by atoms with Crippen LogP contribution in [0.2, 0.25) is 0 Å². The fraction of sp³-hybridized carbons (Fsp3) is 0.960. The van der Waals surface area contributed by atoms with Gasteiger partial charge in [-0.3, -0.25) is 4.79 Å². The molecule has 6 nitrogen and oxygen atoms in total. The molecule has 0 aromatic heterocycles. The first-order chi connectivity index (χ1) is 14.9. The van der Waals surface area contributed by atoms with Crippen molar-refractivity contribution < 1.29 is 28.5 Å². The average Bonchev–Trinajstić information content (AvgIpc) is 3.51. The molecule has 6 heteroatoms. The third-order valence-electron chi connectivity index (χ3n) is 11.1. The molecule has 3 aliphatic heterocycles. The van der Waals surface area contributed by atoms with Crippen LogP contribution in [-0.4, -0.2) is 50.1 Å². The van der Waals surface area contributed by atoms with Crippen molar-refractivity contribution in [2.45, 2.75) is 82.9 Å². The van der Waals surface area contributed by atoms with Crippen LogP contribution in [0.5, 0.6) is 0 Å². The van der Waals surface area contributed by atoms with Gasteiger partial charge in [-0.25, -0.2) is 0 Å². The van der Waals surface area contributed by atoms with E-state index in [1.165, 1.54) is 12.8 Å². The van der Waals surface area contributed by atoms with E-state index in [9.17, 15) is 4.79 Å². The topological polar surface area (TPSA) is 63.2 Å². The zero-order valence-electron chi connectivity index (χ0n) is 18.9. The van der Waals surface area contributed by atoms with Gasteiger partial charge in [0.2, 0.25) is 0 Å². The Hall–Kier alpha value is -0.690. The maximum absolute atomic E-state index is 13.6. The quantitative estimate of drug-likeness (QED) is 0.589. The van der Waals surface area contributed by atoms with Gasteiger partial charge < -0.3 is 23.7 Å². The third kappa shape index (κ3) is 2.36. The van der Waals surface area contributed by atoms with Crippen LogP contribution in [0.1, 0.15) is 65.2 Å². The molecule has 0 aromatic carbocycles. The molecular weight excluding hydrogens is 396 g/mol. The van der Waals surface area contributed by atoms with Gasteiger partial charge >= 0.3 is 5.97 Å². The molecule has 0 radical (unpaired) electrons. The fourth-order valence-electron chi connectivity index (χ4n) is 9.89. The summed E-state index contributed by atoms with van der Waals surface area (Å²) in [4.78, 5) is 13.6. The summed E-state index contributed by atoms with van der Waals surface area (Å²) in [5.74, 6) is 1.22. The Bertz CT molecular complexity index is 785. The van der Waals surface area contributed by atoms with Crippen LogP contribution in [0.3, 0.4) is 0 Å². The number of hydrogen-bond donors (Lipinski definition) is 0. The Morgan fingerprint density at radius 2 is 1.58 bits per heavy atom. The van der Waals surface area contributed by atoms with Gasteiger partial charge in [-0.15, -0.1) is 0 Å². The Labute approximate surface area is 184 Å². The maximum atomic E-state index is 13.6. The summed E-state index contributed by atoms with van der Waals surface area (Å²) in [5.41, 5.74) is -0.199. The molecular formula is C25H36O6. The second-order valence-corrected chi connectivity index (χ2v) is 11.9. The van der Waals surface area contributed by atoms with Gasteiger partial charge in [0, 0.05) is 31.1 Å². The molecule has 2 bridgehead atoms. The Morgan fingerprint density at radius 3 is 2.35 bits per heavy atom. The highest BCUT2D eigenvalue weighted by molar-refractivity contribution is 5.81. The predicted octanol–water partition coefficient (Wildman–Crippen LogP) is 3.67. The van der Waals surface area contributed by atoms with Crippen LogP contribution < -0.4 is 0 Å². The van der Waals surface area contributed by atoms with Crippen molar-refractivity contribution in [3.05, 3.63) is 0 Å². The monoisotopic (exact) mass is 432 g/mol. The standard InChI is InChI=1S/C25H36O6/c1-22-7-8-24(29-11-12-30-24)13-15(22)3-4-16-17-5-6-19(23(2)27-9-10-28-23)25(17)14-18(20(16)22)31-21(25)26/h15-20H,3-14H2,1-2H3/t15?,16?,17?,18?,19?,20?,22-,25?/m0/s1. The molecule has 31 heavy (non-hydrogen) atoms. The zero-order valence-corrected chi connectivity index (χ0v) is 18.9. The van der Waals surface area contributed by atoms with Crippen LogP contribution >= 0.6 is 0 Å². The molecule has 4 aliphatic carbocycles. The predicted molar refractivity (Wildman–Crippen MR) is 110 cm³/mol. The second-order valence-electron chi connectivity index (χ2n) is 11.9. The fourth-order valence-corrected chi connectivity index (χ4v) is 9.89. The number of fused-ring (bicyclic) bond motifs is 6. The lowest BCUT2D eigenvalue weighted by atomic mass is 9.44.